The van der Waals surface area contributed by atoms with E-state index in [1.807, 2.05) is 0 Å². The fraction of sp³-hybridized carbons (Fsp3) is 0.389. The number of hydrogen-bond donors (Lipinski definition) is 1. The van der Waals surface area contributed by atoms with Crippen molar-refractivity contribution in [2.45, 2.75) is 32.9 Å². The smallest absolute Gasteiger partial charge is 0.373 e. The third-order valence-corrected chi connectivity index (χ3v) is 2.90. The van der Waals surface area contributed by atoms with E-state index in [1.165, 1.54) is 24.3 Å². The number of ether oxygens (including phenoxy) is 2. The Balaban J connectivity index is 2.91. The number of carbonyl (C=O) groups excluding carboxylic acids is 3. The van der Waals surface area contributed by atoms with Gasteiger partial charge in [0, 0.05) is 0 Å². The molecule has 148 valence electrons. The second kappa shape index (κ2) is 9.67. The van der Waals surface area contributed by atoms with Gasteiger partial charge in [-0.25, -0.2) is 19.0 Å². The van der Waals surface area contributed by atoms with Gasteiger partial charge in [0.25, 0.3) is 5.91 Å². The minimum absolute atomic E-state index is 0.174. The van der Waals surface area contributed by atoms with Gasteiger partial charge >= 0.3 is 11.9 Å². The van der Waals surface area contributed by atoms with E-state index in [9.17, 15) is 23.9 Å². The van der Waals surface area contributed by atoms with E-state index in [-0.39, 0.29) is 6.54 Å². The average molecular weight is 383 g/mol. The van der Waals surface area contributed by atoms with Gasteiger partial charge in [-0.3, -0.25) is 9.63 Å². The van der Waals surface area contributed by atoms with Gasteiger partial charge in [-0.15, -0.1) is 0 Å². The quantitative estimate of drug-likeness (QED) is 0.333. The van der Waals surface area contributed by atoms with E-state index in [0.29, 0.717) is 11.6 Å². The van der Waals surface area contributed by atoms with E-state index in [1.54, 1.807) is 20.8 Å². The average Bonchev–Trinajstić information content (AvgIpc) is 2.57. The van der Waals surface area contributed by atoms with Crippen molar-refractivity contribution in [3.63, 3.8) is 0 Å². The van der Waals surface area contributed by atoms with Crippen molar-refractivity contribution in [2.24, 2.45) is 0 Å². The first-order chi connectivity index (χ1) is 12.5. The number of esters is 2. The molecule has 9 heteroatoms. The molecule has 1 N–H and O–H groups in total. The Morgan fingerprint density at radius 2 is 1.78 bits per heavy atom. The summed E-state index contributed by atoms with van der Waals surface area (Å²) < 4.78 is 22.4. The molecule has 27 heavy (non-hydrogen) atoms. The maximum absolute atomic E-state index is 13.0. The molecular weight excluding hydrogens is 361 g/mol. The zero-order valence-corrected chi connectivity index (χ0v) is 15.5. The van der Waals surface area contributed by atoms with E-state index >= 15 is 0 Å². The molecule has 0 aliphatic rings. The van der Waals surface area contributed by atoms with Crippen LogP contribution >= 0.6 is 0 Å². The number of halogens is 1. The van der Waals surface area contributed by atoms with Crippen molar-refractivity contribution in [3.05, 3.63) is 47.5 Å². The highest BCUT2D eigenvalue weighted by Gasteiger charge is 2.21. The number of aliphatic hydroxyl groups excluding tert-OH is 1. The molecule has 0 aliphatic heterocycles. The van der Waals surface area contributed by atoms with Crippen molar-refractivity contribution in [3.8, 4) is 0 Å². The lowest BCUT2D eigenvalue weighted by atomic mass is 10.2. The van der Waals surface area contributed by atoms with Crippen molar-refractivity contribution >= 4 is 17.8 Å². The minimum Gasteiger partial charge on any atom is -0.502 e. The van der Waals surface area contributed by atoms with Crippen LogP contribution in [0.4, 0.5) is 4.39 Å². The molecule has 1 rings (SSSR count). The summed E-state index contributed by atoms with van der Waals surface area (Å²) in [5.41, 5.74) is -0.255. The summed E-state index contributed by atoms with van der Waals surface area (Å²) in [5.74, 6) is -4.16. The van der Waals surface area contributed by atoms with Gasteiger partial charge in [0.2, 0.25) is 5.76 Å². The van der Waals surface area contributed by atoms with Gasteiger partial charge < -0.3 is 14.6 Å². The molecule has 0 fully saturated rings. The third-order valence-electron chi connectivity index (χ3n) is 2.90. The van der Waals surface area contributed by atoms with Crippen LogP contribution in [0.5, 0.6) is 0 Å². The predicted octanol–water partition coefficient (Wildman–Crippen LogP) is 2.04. The molecule has 0 aromatic heterocycles. The van der Waals surface area contributed by atoms with Crippen LogP contribution in [0.1, 0.15) is 26.3 Å². The number of nitrogens with zero attached hydrogens (tertiary/aromatic N) is 1. The number of aliphatic hydroxyl groups is 1. The summed E-state index contributed by atoms with van der Waals surface area (Å²) in [5, 5.41) is 10.2. The Morgan fingerprint density at radius 1 is 1.19 bits per heavy atom. The van der Waals surface area contributed by atoms with Gasteiger partial charge in [-0.2, -0.15) is 0 Å². The van der Waals surface area contributed by atoms with Crippen LogP contribution in [0.2, 0.25) is 0 Å². The van der Waals surface area contributed by atoms with Crippen molar-refractivity contribution < 1.29 is 38.2 Å². The first-order valence-electron chi connectivity index (χ1n) is 7.91. The van der Waals surface area contributed by atoms with E-state index < -0.39 is 41.6 Å². The number of benzene rings is 1. The number of hydrogen-bond acceptors (Lipinski definition) is 7. The van der Waals surface area contributed by atoms with Gasteiger partial charge in [0.05, 0.1) is 19.7 Å². The van der Waals surface area contributed by atoms with Crippen LogP contribution < -0.4 is 0 Å². The van der Waals surface area contributed by atoms with E-state index in [2.05, 4.69) is 4.74 Å². The minimum atomic E-state index is -1.11. The maximum atomic E-state index is 13.0. The molecule has 0 unspecified atom stereocenters. The van der Waals surface area contributed by atoms with Crippen LogP contribution in [-0.2, 0) is 35.2 Å². The summed E-state index contributed by atoms with van der Waals surface area (Å²) in [4.78, 5) is 40.4. The summed E-state index contributed by atoms with van der Waals surface area (Å²) in [6, 6.07) is 5.20. The van der Waals surface area contributed by atoms with E-state index in [4.69, 9.17) is 9.57 Å². The highest BCUT2D eigenvalue weighted by Crippen LogP contribution is 2.11. The Kier molecular flexibility index (Phi) is 7.92. The summed E-state index contributed by atoms with van der Waals surface area (Å²) >= 11 is 0. The fourth-order valence-corrected chi connectivity index (χ4v) is 1.80. The Labute approximate surface area is 156 Å². The van der Waals surface area contributed by atoms with Crippen LogP contribution in [-0.4, -0.2) is 47.3 Å². The summed E-state index contributed by atoms with van der Waals surface area (Å²) in [6.45, 7) is 4.25. The van der Waals surface area contributed by atoms with Gasteiger partial charge in [0.1, 0.15) is 11.4 Å². The Bertz CT molecular complexity index is 707. The van der Waals surface area contributed by atoms with Crippen LogP contribution in [0.25, 0.3) is 0 Å². The Hall–Kier alpha value is -2.94. The molecule has 0 radical (unpaired) electrons. The van der Waals surface area contributed by atoms with Crippen LogP contribution in [0, 0.1) is 5.82 Å². The van der Waals surface area contributed by atoms with Crippen molar-refractivity contribution in [1.29, 1.82) is 0 Å². The fourth-order valence-electron chi connectivity index (χ4n) is 1.80. The van der Waals surface area contributed by atoms with E-state index in [0.717, 1.165) is 12.2 Å². The molecule has 0 spiro atoms. The molecule has 0 heterocycles. The molecule has 8 nitrogen and oxygen atoms in total. The standard InChI is InChI=1S/C18H22FNO7/c1-18(2,3)27-16(23)11-26-20(10-12-5-7-13(19)8-6-12)15(22)9-14(21)17(24)25-4/h5-9,21H,10-11H2,1-4H3. The lowest BCUT2D eigenvalue weighted by Crippen LogP contribution is -2.34. The topological polar surface area (TPSA) is 102 Å². The first kappa shape index (κ1) is 22.1. The first-order valence-corrected chi connectivity index (χ1v) is 7.91. The highest BCUT2D eigenvalue weighted by atomic mass is 19.1. The van der Waals surface area contributed by atoms with Gasteiger partial charge in [0.15, 0.2) is 6.61 Å². The molecular formula is C18H22FNO7. The third kappa shape index (κ3) is 8.32. The predicted molar refractivity (Wildman–Crippen MR) is 91.5 cm³/mol. The molecule has 0 saturated heterocycles. The maximum Gasteiger partial charge on any atom is 0.373 e. The molecule has 0 bridgehead atoms. The lowest BCUT2D eigenvalue weighted by molar-refractivity contribution is -0.198. The van der Waals surface area contributed by atoms with Crippen LogP contribution in [0.15, 0.2) is 36.1 Å². The normalized spacial score (nSPS) is 11.7. The van der Waals surface area contributed by atoms with Gasteiger partial charge in [-0.1, -0.05) is 12.1 Å². The molecule has 0 atom stereocenters. The SMILES string of the molecule is COC(=O)C(O)=CC(=O)N(Cc1ccc(F)cc1)OCC(=O)OC(C)(C)C. The highest BCUT2D eigenvalue weighted by molar-refractivity contribution is 5.96. The number of methoxy groups -OCH3 is 1. The zero-order chi connectivity index (χ0) is 20.6. The summed E-state index contributed by atoms with van der Waals surface area (Å²) in [6.07, 6.45) is 0.588. The molecule has 0 aliphatic carbocycles. The second-order valence-electron chi connectivity index (χ2n) is 6.38. The number of hydroxylamine groups is 2. The second-order valence-corrected chi connectivity index (χ2v) is 6.38. The van der Waals surface area contributed by atoms with Crippen molar-refractivity contribution in [1.82, 2.24) is 5.06 Å². The lowest BCUT2D eigenvalue weighted by Gasteiger charge is -2.23. The zero-order valence-electron chi connectivity index (χ0n) is 15.5. The molecule has 0 saturated carbocycles. The monoisotopic (exact) mass is 383 g/mol. The Morgan fingerprint density at radius 3 is 2.30 bits per heavy atom. The van der Waals surface area contributed by atoms with Crippen molar-refractivity contribution in [2.75, 3.05) is 13.7 Å². The number of amides is 1. The van der Waals surface area contributed by atoms with Gasteiger partial charge in [-0.05, 0) is 38.5 Å². The number of rotatable bonds is 7. The number of carbonyl (C=O) groups is 3. The molecule has 1 aromatic rings. The summed E-state index contributed by atoms with van der Waals surface area (Å²) in [7, 11) is 1.03. The van der Waals surface area contributed by atoms with Crippen LogP contribution in [0.3, 0.4) is 0 Å². The molecule has 1 amide bonds. The molecule has 1 aromatic carbocycles. The largest absolute Gasteiger partial charge is 0.502 e.